The maximum atomic E-state index is 12.7. The summed E-state index contributed by atoms with van der Waals surface area (Å²) in [6, 6.07) is 27.2. The van der Waals surface area contributed by atoms with Gasteiger partial charge in [0.1, 0.15) is 5.52 Å². The van der Waals surface area contributed by atoms with Crippen LogP contribution in [0.5, 0.6) is 11.5 Å². The molecule has 0 spiro atoms. The molecule has 8 nitrogen and oxygen atoms in total. The van der Waals surface area contributed by atoms with Crippen molar-refractivity contribution in [2.45, 2.75) is 4.90 Å². The SMILES string of the molecule is COc1ccc(C(=O)Nc2cccc(SCC(=O)Nc3ccc(-c4nc5ccccc5o4)cc3)c2)cc1OC. The van der Waals surface area contributed by atoms with Crippen molar-refractivity contribution in [2.75, 3.05) is 30.6 Å². The molecule has 0 aliphatic carbocycles. The van der Waals surface area contributed by atoms with Crippen LogP contribution < -0.4 is 20.1 Å². The number of methoxy groups -OCH3 is 2. The Bertz CT molecular complexity index is 1600. The van der Waals surface area contributed by atoms with Gasteiger partial charge in [0.15, 0.2) is 17.1 Å². The highest BCUT2D eigenvalue weighted by atomic mass is 32.2. The van der Waals surface area contributed by atoms with E-state index in [1.165, 1.54) is 18.9 Å². The Morgan fingerprint density at radius 1 is 0.821 bits per heavy atom. The van der Waals surface area contributed by atoms with Gasteiger partial charge in [0.2, 0.25) is 11.8 Å². The first-order valence-corrected chi connectivity index (χ1v) is 13.0. The highest BCUT2D eigenvalue weighted by Gasteiger charge is 2.12. The van der Waals surface area contributed by atoms with Gasteiger partial charge in [0.25, 0.3) is 5.91 Å². The Kier molecular flexibility index (Phi) is 7.79. The average molecular weight is 540 g/mol. The van der Waals surface area contributed by atoms with Gasteiger partial charge >= 0.3 is 0 Å². The number of carbonyl (C=O) groups is 2. The lowest BCUT2D eigenvalue weighted by atomic mass is 10.2. The Balaban J connectivity index is 1.16. The molecule has 1 heterocycles. The minimum atomic E-state index is -0.280. The van der Waals surface area contributed by atoms with E-state index in [1.54, 1.807) is 31.4 Å². The number of para-hydroxylation sites is 2. The third-order valence-corrected chi connectivity index (χ3v) is 6.81. The average Bonchev–Trinajstić information content (AvgIpc) is 3.41. The summed E-state index contributed by atoms with van der Waals surface area (Å²) in [7, 11) is 3.06. The predicted molar refractivity (Wildman–Crippen MR) is 153 cm³/mol. The normalized spacial score (nSPS) is 10.7. The zero-order valence-electron chi connectivity index (χ0n) is 21.3. The number of anilines is 2. The molecule has 39 heavy (non-hydrogen) atoms. The number of nitrogens with one attached hydrogen (secondary N) is 2. The van der Waals surface area contributed by atoms with Crippen molar-refractivity contribution in [1.82, 2.24) is 4.98 Å². The molecule has 0 bridgehead atoms. The predicted octanol–water partition coefficient (Wildman–Crippen LogP) is 6.50. The third-order valence-electron chi connectivity index (χ3n) is 5.82. The van der Waals surface area contributed by atoms with E-state index in [2.05, 4.69) is 15.6 Å². The Labute approximate surface area is 229 Å². The fraction of sp³-hybridized carbons (Fsp3) is 0.100. The summed E-state index contributed by atoms with van der Waals surface area (Å²) >= 11 is 1.37. The molecule has 5 aromatic rings. The lowest BCUT2D eigenvalue weighted by Gasteiger charge is -2.11. The van der Waals surface area contributed by atoms with Gasteiger partial charge in [-0.25, -0.2) is 4.98 Å². The van der Waals surface area contributed by atoms with Crippen molar-refractivity contribution in [3.63, 3.8) is 0 Å². The Hall–Kier alpha value is -4.76. The largest absolute Gasteiger partial charge is 0.493 e. The molecule has 0 aliphatic heterocycles. The lowest BCUT2D eigenvalue weighted by molar-refractivity contribution is -0.113. The Morgan fingerprint density at radius 3 is 2.38 bits per heavy atom. The molecule has 0 aliphatic rings. The molecule has 0 saturated heterocycles. The number of rotatable bonds is 9. The molecule has 0 saturated carbocycles. The topological polar surface area (TPSA) is 103 Å². The summed E-state index contributed by atoms with van der Waals surface area (Å²) in [5.41, 5.74) is 4.09. The summed E-state index contributed by atoms with van der Waals surface area (Å²) in [6.45, 7) is 0. The monoisotopic (exact) mass is 539 g/mol. The lowest BCUT2D eigenvalue weighted by Crippen LogP contribution is -2.14. The first-order valence-electron chi connectivity index (χ1n) is 12.0. The number of thioether (sulfide) groups is 1. The van der Waals surface area contributed by atoms with Crippen LogP contribution in [0.3, 0.4) is 0 Å². The van der Waals surface area contributed by atoms with E-state index in [1.807, 2.05) is 66.7 Å². The van der Waals surface area contributed by atoms with Gasteiger partial charge in [-0.1, -0.05) is 18.2 Å². The molecule has 2 N–H and O–H groups in total. The number of amides is 2. The van der Waals surface area contributed by atoms with E-state index in [4.69, 9.17) is 13.9 Å². The van der Waals surface area contributed by atoms with Crippen molar-refractivity contribution in [2.24, 2.45) is 0 Å². The van der Waals surface area contributed by atoms with Crippen LogP contribution in [-0.2, 0) is 4.79 Å². The number of benzene rings is 4. The van der Waals surface area contributed by atoms with Crippen LogP contribution in [0.2, 0.25) is 0 Å². The first-order chi connectivity index (χ1) is 19.0. The number of hydrogen-bond acceptors (Lipinski definition) is 7. The minimum absolute atomic E-state index is 0.144. The summed E-state index contributed by atoms with van der Waals surface area (Å²) < 4.78 is 16.3. The molecule has 0 unspecified atom stereocenters. The zero-order valence-corrected chi connectivity index (χ0v) is 22.1. The van der Waals surface area contributed by atoms with Crippen molar-refractivity contribution in [3.8, 4) is 23.0 Å². The van der Waals surface area contributed by atoms with Crippen LogP contribution in [0.25, 0.3) is 22.6 Å². The van der Waals surface area contributed by atoms with Gasteiger partial charge in [0.05, 0.1) is 20.0 Å². The maximum Gasteiger partial charge on any atom is 0.255 e. The van der Waals surface area contributed by atoms with Crippen LogP contribution in [0.4, 0.5) is 11.4 Å². The number of ether oxygens (including phenoxy) is 2. The number of oxazole rings is 1. The molecule has 0 atom stereocenters. The summed E-state index contributed by atoms with van der Waals surface area (Å²) in [4.78, 5) is 30.6. The standard InChI is InChI=1S/C30H25N3O5S/c1-36-26-15-12-20(16-27(26)37-2)29(35)32-22-6-5-7-23(17-22)39-18-28(34)31-21-13-10-19(11-14-21)30-33-24-8-3-4-9-25(24)38-30/h3-17H,18H2,1-2H3,(H,31,34)(H,32,35). The van der Waals surface area contributed by atoms with Gasteiger partial charge in [-0.15, -0.1) is 11.8 Å². The molecule has 1 aromatic heterocycles. The second-order valence-electron chi connectivity index (χ2n) is 8.45. The molecule has 0 fully saturated rings. The highest BCUT2D eigenvalue weighted by Crippen LogP contribution is 2.29. The number of nitrogens with zero attached hydrogens (tertiary/aromatic N) is 1. The van der Waals surface area contributed by atoms with Crippen molar-refractivity contribution >= 4 is 46.1 Å². The fourth-order valence-electron chi connectivity index (χ4n) is 3.88. The van der Waals surface area contributed by atoms with Gasteiger partial charge < -0.3 is 24.5 Å². The number of hydrogen-bond donors (Lipinski definition) is 2. The molecule has 4 aromatic carbocycles. The first kappa shape index (κ1) is 25.9. The van der Waals surface area contributed by atoms with Crippen LogP contribution in [0.15, 0.2) is 100 Å². The number of carbonyl (C=O) groups excluding carboxylic acids is 2. The second kappa shape index (κ2) is 11.7. The van der Waals surface area contributed by atoms with E-state index in [0.29, 0.717) is 34.3 Å². The molecule has 196 valence electrons. The van der Waals surface area contributed by atoms with Gasteiger partial charge in [-0.2, -0.15) is 0 Å². The van der Waals surface area contributed by atoms with Crippen LogP contribution in [0, 0.1) is 0 Å². The molecule has 9 heteroatoms. The van der Waals surface area contributed by atoms with E-state index in [0.717, 1.165) is 21.6 Å². The molecular weight excluding hydrogens is 514 g/mol. The minimum Gasteiger partial charge on any atom is -0.493 e. The van der Waals surface area contributed by atoms with Gasteiger partial charge in [-0.3, -0.25) is 9.59 Å². The quantitative estimate of drug-likeness (QED) is 0.206. The van der Waals surface area contributed by atoms with E-state index in [9.17, 15) is 9.59 Å². The van der Waals surface area contributed by atoms with Crippen molar-refractivity contribution < 1.29 is 23.5 Å². The summed E-state index contributed by atoms with van der Waals surface area (Å²) in [5.74, 6) is 1.33. The van der Waals surface area contributed by atoms with Gasteiger partial charge in [-0.05, 0) is 72.8 Å². The zero-order chi connectivity index (χ0) is 27.2. The van der Waals surface area contributed by atoms with Crippen LogP contribution >= 0.6 is 11.8 Å². The van der Waals surface area contributed by atoms with E-state index >= 15 is 0 Å². The summed E-state index contributed by atoms with van der Waals surface area (Å²) in [5, 5.41) is 5.78. The fourth-order valence-corrected chi connectivity index (χ4v) is 4.64. The van der Waals surface area contributed by atoms with Crippen LogP contribution in [-0.4, -0.2) is 36.8 Å². The van der Waals surface area contributed by atoms with Crippen molar-refractivity contribution in [1.29, 1.82) is 0 Å². The molecule has 0 radical (unpaired) electrons. The molecule has 2 amide bonds. The number of fused-ring (bicyclic) bond motifs is 1. The summed E-state index contributed by atoms with van der Waals surface area (Å²) in [6.07, 6.45) is 0. The maximum absolute atomic E-state index is 12.7. The second-order valence-corrected chi connectivity index (χ2v) is 9.50. The van der Waals surface area contributed by atoms with E-state index in [-0.39, 0.29) is 17.6 Å². The highest BCUT2D eigenvalue weighted by molar-refractivity contribution is 8.00. The smallest absolute Gasteiger partial charge is 0.255 e. The Morgan fingerprint density at radius 2 is 1.62 bits per heavy atom. The number of aromatic nitrogens is 1. The molecular formula is C30H25N3O5S. The van der Waals surface area contributed by atoms with E-state index < -0.39 is 0 Å². The molecule has 5 rings (SSSR count). The van der Waals surface area contributed by atoms with Crippen molar-refractivity contribution in [3.05, 3.63) is 96.6 Å². The third kappa shape index (κ3) is 6.22. The van der Waals surface area contributed by atoms with Gasteiger partial charge in [0, 0.05) is 27.4 Å². The van der Waals surface area contributed by atoms with Crippen LogP contribution in [0.1, 0.15) is 10.4 Å².